The Balaban J connectivity index is 2.69. The molecule has 1 aromatic rings. The molecule has 0 aliphatic heterocycles. The second-order valence-electron chi connectivity index (χ2n) is 4.44. The second kappa shape index (κ2) is 8.29. The van der Waals surface area contributed by atoms with Gasteiger partial charge in [-0.15, -0.1) is 0 Å². The van der Waals surface area contributed by atoms with Gasteiger partial charge in [0.1, 0.15) is 6.04 Å². The van der Waals surface area contributed by atoms with Crippen molar-refractivity contribution in [2.75, 3.05) is 6.61 Å². The number of hydrogen-bond donors (Lipinski definition) is 3. The van der Waals surface area contributed by atoms with Crippen molar-refractivity contribution in [3.63, 3.8) is 0 Å². The van der Waals surface area contributed by atoms with E-state index in [1.54, 1.807) is 5.32 Å². The third-order valence-electron chi connectivity index (χ3n) is 2.49. The number of primary amides is 1. The largest absolute Gasteiger partial charge is 0.454 e. The van der Waals surface area contributed by atoms with Crippen molar-refractivity contribution in [1.29, 1.82) is 0 Å². The van der Waals surface area contributed by atoms with Gasteiger partial charge in [-0.25, -0.2) is 13.2 Å². The van der Waals surface area contributed by atoms with Gasteiger partial charge in [0.15, 0.2) is 6.61 Å². The van der Waals surface area contributed by atoms with E-state index in [2.05, 4.69) is 9.46 Å². The Kier molecular flexibility index (Phi) is 6.96. The number of benzene rings is 1. The lowest BCUT2D eigenvalue weighted by Crippen LogP contribution is -2.42. The van der Waals surface area contributed by atoms with E-state index in [9.17, 15) is 22.8 Å². The van der Waals surface area contributed by atoms with Gasteiger partial charge in [0.25, 0.3) is 5.91 Å². The fraction of sp³-hybridized carbons (Fsp3) is 0.250. The van der Waals surface area contributed by atoms with Crippen molar-refractivity contribution in [2.24, 2.45) is 5.73 Å². The van der Waals surface area contributed by atoms with Crippen LogP contribution in [0.5, 0.6) is 0 Å². The molecule has 0 aliphatic carbocycles. The van der Waals surface area contributed by atoms with Crippen molar-refractivity contribution >= 4 is 51.1 Å². The highest BCUT2D eigenvalue weighted by Gasteiger charge is 2.24. The number of carbonyl (C=O) groups excluding carboxylic acids is 3. The first-order valence-electron chi connectivity index (χ1n) is 6.26. The Labute approximate surface area is 147 Å². The minimum absolute atomic E-state index is 0.0258. The van der Waals surface area contributed by atoms with E-state index in [1.807, 2.05) is 0 Å². The number of esters is 1. The number of urea groups is 1. The molecule has 132 valence electrons. The van der Waals surface area contributed by atoms with Gasteiger partial charge in [0.05, 0.1) is 14.9 Å². The van der Waals surface area contributed by atoms with E-state index in [0.29, 0.717) is 0 Å². The third kappa shape index (κ3) is 5.96. The first-order valence-corrected chi connectivity index (χ1v) is 8.50. The average molecular weight is 398 g/mol. The van der Waals surface area contributed by atoms with Gasteiger partial charge in [0, 0.05) is 0 Å². The standard InChI is InChI=1S/C12H13Cl2N3O6S/c1-6(11(19)23-5-10(18)16-12(15)20)17-24(21,22)7-2-3-8(13)9(14)4-7/h2-4,6,17H,5H2,1H3,(H3,15,16,18,20)/t6-/m0/s1. The van der Waals surface area contributed by atoms with E-state index < -0.39 is 40.6 Å². The molecule has 3 amide bonds. The fourth-order valence-electron chi connectivity index (χ4n) is 1.43. The van der Waals surface area contributed by atoms with Crippen molar-refractivity contribution in [3.8, 4) is 0 Å². The van der Waals surface area contributed by atoms with Crippen molar-refractivity contribution in [2.45, 2.75) is 17.9 Å². The van der Waals surface area contributed by atoms with Crippen LogP contribution in [0.15, 0.2) is 23.1 Å². The van der Waals surface area contributed by atoms with Crippen molar-refractivity contribution < 1.29 is 27.5 Å². The highest BCUT2D eigenvalue weighted by molar-refractivity contribution is 7.89. The lowest BCUT2D eigenvalue weighted by atomic mass is 10.4. The minimum atomic E-state index is -4.07. The predicted molar refractivity (Wildman–Crippen MR) is 84.9 cm³/mol. The molecule has 24 heavy (non-hydrogen) atoms. The maximum Gasteiger partial charge on any atom is 0.324 e. The van der Waals surface area contributed by atoms with Gasteiger partial charge in [0.2, 0.25) is 10.0 Å². The molecular formula is C12H13Cl2N3O6S. The van der Waals surface area contributed by atoms with E-state index in [-0.39, 0.29) is 14.9 Å². The number of halogens is 2. The molecule has 0 unspecified atom stereocenters. The molecule has 12 heteroatoms. The smallest absolute Gasteiger partial charge is 0.324 e. The Bertz CT molecular complexity index is 768. The first-order chi connectivity index (χ1) is 11.0. The van der Waals surface area contributed by atoms with Gasteiger partial charge in [-0.1, -0.05) is 23.2 Å². The van der Waals surface area contributed by atoms with E-state index >= 15 is 0 Å². The quantitative estimate of drug-likeness (QED) is 0.592. The molecule has 9 nitrogen and oxygen atoms in total. The molecule has 0 heterocycles. The summed E-state index contributed by atoms with van der Waals surface area (Å²) in [5.74, 6) is -1.98. The molecule has 0 saturated heterocycles. The van der Waals surface area contributed by atoms with Crippen LogP contribution < -0.4 is 15.8 Å². The molecule has 0 bridgehead atoms. The van der Waals surface area contributed by atoms with E-state index in [1.165, 1.54) is 19.1 Å². The van der Waals surface area contributed by atoms with Crippen LogP contribution in [0.3, 0.4) is 0 Å². The first kappa shape index (κ1) is 20.2. The maximum absolute atomic E-state index is 12.1. The molecule has 0 saturated carbocycles. The summed E-state index contributed by atoms with van der Waals surface area (Å²) in [5.41, 5.74) is 4.71. The number of nitrogens with two attached hydrogens (primary N) is 1. The van der Waals surface area contributed by atoms with E-state index in [0.717, 1.165) is 6.07 Å². The number of amides is 3. The monoisotopic (exact) mass is 397 g/mol. The zero-order valence-corrected chi connectivity index (χ0v) is 14.5. The molecule has 0 fully saturated rings. The zero-order chi connectivity index (χ0) is 18.5. The Morgan fingerprint density at radius 2 is 1.88 bits per heavy atom. The number of rotatable bonds is 6. The Morgan fingerprint density at radius 3 is 2.42 bits per heavy atom. The summed E-state index contributed by atoms with van der Waals surface area (Å²) >= 11 is 11.4. The number of imide groups is 1. The van der Waals surface area contributed by atoms with Gasteiger partial charge >= 0.3 is 12.0 Å². The van der Waals surface area contributed by atoms with Crippen LogP contribution in [0.2, 0.25) is 10.0 Å². The predicted octanol–water partition coefficient (Wildman–Crippen LogP) is 0.398. The lowest BCUT2D eigenvalue weighted by Gasteiger charge is -2.13. The molecule has 1 atom stereocenters. The zero-order valence-electron chi connectivity index (χ0n) is 12.2. The number of carbonyl (C=O) groups is 3. The van der Waals surface area contributed by atoms with Crippen molar-refractivity contribution in [1.82, 2.24) is 10.0 Å². The van der Waals surface area contributed by atoms with Crippen LogP contribution in [0.4, 0.5) is 4.79 Å². The summed E-state index contributed by atoms with van der Waals surface area (Å²) in [6.45, 7) is 0.421. The topological polar surface area (TPSA) is 145 Å². The molecular weight excluding hydrogens is 385 g/mol. The lowest BCUT2D eigenvalue weighted by molar-refractivity contribution is -0.149. The summed E-state index contributed by atoms with van der Waals surface area (Å²) in [4.78, 5) is 33.0. The van der Waals surface area contributed by atoms with Gasteiger partial charge in [-0.05, 0) is 25.1 Å². The summed E-state index contributed by atoms with van der Waals surface area (Å²) in [5, 5.41) is 1.88. The van der Waals surface area contributed by atoms with Gasteiger partial charge in [-0.2, -0.15) is 4.72 Å². The highest BCUT2D eigenvalue weighted by Crippen LogP contribution is 2.24. The molecule has 0 radical (unpaired) electrons. The van der Waals surface area contributed by atoms with Crippen molar-refractivity contribution in [3.05, 3.63) is 28.2 Å². The normalized spacial score (nSPS) is 12.3. The number of sulfonamides is 1. The number of nitrogens with one attached hydrogen (secondary N) is 2. The number of ether oxygens (including phenoxy) is 1. The number of hydrogen-bond acceptors (Lipinski definition) is 6. The van der Waals surface area contributed by atoms with Crippen LogP contribution in [0.1, 0.15) is 6.92 Å². The van der Waals surface area contributed by atoms with Crippen LogP contribution in [0.25, 0.3) is 0 Å². The van der Waals surface area contributed by atoms with Gasteiger partial charge in [-0.3, -0.25) is 14.9 Å². The fourth-order valence-corrected chi connectivity index (χ4v) is 3.01. The Hall–Kier alpha value is -1.88. The van der Waals surface area contributed by atoms with Crippen LogP contribution in [0, 0.1) is 0 Å². The van der Waals surface area contributed by atoms with Crippen LogP contribution >= 0.6 is 23.2 Å². The molecule has 1 rings (SSSR count). The highest BCUT2D eigenvalue weighted by atomic mass is 35.5. The molecule has 1 aromatic carbocycles. The summed E-state index contributed by atoms with van der Waals surface area (Å²) in [7, 11) is -4.07. The Morgan fingerprint density at radius 1 is 1.25 bits per heavy atom. The SMILES string of the molecule is C[C@H](NS(=O)(=O)c1ccc(Cl)c(Cl)c1)C(=O)OCC(=O)NC(N)=O. The molecule has 0 aliphatic rings. The second-order valence-corrected chi connectivity index (χ2v) is 6.97. The van der Waals surface area contributed by atoms with Crippen LogP contribution in [-0.2, 0) is 24.3 Å². The van der Waals surface area contributed by atoms with Gasteiger partial charge < -0.3 is 10.5 Å². The molecule has 0 aromatic heterocycles. The third-order valence-corrected chi connectivity index (χ3v) is 4.77. The summed E-state index contributed by atoms with van der Waals surface area (Å²) in [6.07, 6.45) is 0. The van der Waals surface area contributed by atoms with E-state index in [4.69, 9.17) is 28.9 Å². The molecule has 0 spiro atoms. The van der Waals surface area contributed by atoms with Crippen LogP contribution in [-0.4, -0.2) is 39.0 Å². The summed E-state index contributed by atoms with van der Waals surface area (Å²) in [6, 6.07) is 1.20. The molecule has 4 N–H and O–H groups in total. The summed E-state index contributed by atoms with van der Waals surface area (Å²) < 4.78 is 30.9. The average Bonchev–Trinajstić information content (AvgIpc) is 2.46. The minimum Gasteiger partial charge on any atom is -0.454 e. The maximum atomic E-state index is 12.1.